The lowest BCUT2D eigenvalue weighted by atomic mass is 10.1. The zero-order valence-electron chi connectivity index (χ0n) is 13.6. The Bertz CT molecular complexity index is 936. The van der Waals surface area contributed by atoms with Gasteiger partial charge in [-0.15, -0.1) is 11.3 Å². The van der Waals surface area contributed by atoms with E-state index >= 15 is 0 Å². The molecule has 0 saturated carbocycles. The Kier molecular flexibility index (Phi) is 5.40. The smallest absolute Gasteiger partial charge is 0.275 e. The van der Waals surface area contributed by atoms with Gasteiger partial charge < -0.3 is 4.52 Å². The Morgan fingerprint density at radius 2 is 1.85 bits per heavy atom. The predicted molar refractivity (Wildman–Crippen MR) is 102 cm³/mol. The van der Waals surface area contributed by atoms with Crippen molar-refractivity contribution in [3.63, 3.8) is 0 Å². The summed E-state index contributed by atoms with van der Waals surface area (Å²) in [5, 5.41) is 8.20. The van der Waals surface area contributed by atoms with Gasteiger partial charge in [0.1, 0.15) is 17.0 Å². The maximum atomic E-state index is 12.5. The van der Waals surface area contributed by atoms with Crippen LogP contribution in [0, 0.1) is 6.92 Å². The molecule has 0 aliphatic carbocycles. The third-order valence-corrected chi connectivity index (χ3v) is 4.47. The van der Waals surface area contributed by atoms with Crippen molar-refractivity contribution >= 4 is 40.5 Å². The largest absolute Gasteiger partial charge is 0.360 e. The minimum absolute atomic E-state index is 0.0212. The number of thiocarbonyl (C=S) groups is 1. The summed E-state index contributed by atoms with van der Waals surface area (Å²) < 4.78 is 5.15. The first-order valence-corrected chi connectivity index (χ1v) is 8.82. The molecule has 7 nitrogen and oxygen atoms in total. The molecule has 26 heavy (non-hydrogen) atoms. The third kappa shape index (κ3) is 3.95. The van der Waals surface area contributed by atoms with E-state index < -0.39 is 5.91 Å². The van der Waals surface area contributed by atoms with E-state index in [2.05, 4.69) is 21.3 Å². The topological polar surface area (TPSA) is 96.3 Å². The number of carbonyl (C=O) groups is 2. The second-order valence-corrected chi connectivity index (χ2v) is 6.52. The zero-order valence-corrected chi connectivity index (χ0v) is 15.2. The molecule has 0 fully saturated rings. The first-order valence-electron chi connectivity index (χ1n) is 7.53. The van der Waals surface area contributed by atoms with Gasteiger partial charge in [0.25, 0.3) is 11.8 Å². The molecule has 0 aliphatic rings. The summed E-state index contributed by atoms with van der Waals surface area (Å²) in [7, 11) is 0. The van der Waals surface area contributed by atoms with Crippen LogP contribution < -0.4 is 16.2 Å². The highest BCUT2D eigenvalue weighted by Gasteiger charge is 2.21. The molecular weight excluding hydrogens is 372 g/mol. The molecule has 2 heterocycles. The number of hydrogen-bond donors (Lipinski definition) is 3. The zero-order chi connectivity index (χ0) is 18.5. The van der Waals surface area contributed by atoms with Crippen LogP contribution in [-0.2, 0) is 0 Å². The highest BCUT2D eigenvalue weighted by molar-refractivity contribution is 7.80. The van der Waals surface area contributed by atoms with Crippen LogP contribution in [0.1, 0.15) is 25.8 Å². The van der Waals surface area contributed by atoms with E-state index in [0.29, 0.717) is 16.3 Å². The van der Waals surface area contributed by atoms with E-state index in [0.717, 1.165) is 5.56 Å². The minimum atomic E-state index is -0.477. The van der Waals surface area contributed by atoms with Crippen LogP contribution in [0.2, 0.25) is 0 Å². The van der Waals surface area contributed by atoms with E-state index in [1.54, 1.807) is 24.4 Å². The van der Waals surface area contributed by atoms with Gasteiger partial charge in [0, 0.05) is 5.56 Å². The summed E-state index contributed by atoms with van der Waals surface area (Å²) in [6, 6.07) is 12.6. The molecule has 0 aliphatic heterocycles. The van der Waals surface area contributed by atoms with Gasteiger partial charge in [-0.25, -0.2) is 0 Å². The molecule has 3 aromatic rings. The van der Waals surface area contributed by atoms with E-state index in [1.165, 1.54) is 11.3 Å². The summed E-state index contributed by atoms with van der Waals surface area (Å²) in [5.41, 5.74) is 6.42. The number of aryl methyl sites for hydroxylation is 1. The SMILES string of the molecule is Cc1onc(-c2ccccc2)c1C(=O)NNC(=S)NC(=O)c1cccs1. The van der Waals surface area contributed by atoms with Crippen molar-refractivity contribution in [2.75, 3.05) is 0 Å². The molecule has 0 unspecified atom stereocenters. The summed E-state index contributed by atoms with van der Waals surface area (Å²) in [6.07, 6.45) is 0. The van der Waals surface area contributed by atoms with Gasteiger partial charge in [0.15, 0.2) is 5.11 Å². The molecule has 0 radical (unpaired) electrons. The molecule has 2 aromatic heterocycles. The molecule has 3 rings (SSSR count). The lowest BCUT2D eigenvalue weighted by Gasteiger charge is -2.10. The van der Waals surface area contributed by atoms with Crippen LogP contribution in [0.4, 0.5) is 0 Å². The van der Waals surface area contributed by atoms with Crippen molar-refractivity contribution in [1.82, 2.24) is 21.3 Å². The van der Waals surface area contributed by atoms with Crippen molar-refractivity contribution in [1.29, 1.82) is 0 Å². The lowest BCUT2D eigenvalue weighted by Crippen LogP contribution is -2.48. The monoisotopic (exact) mass is 386 g/mol. The summed E-state index contributed by atoms with van der Waals surface area (Å²) in [4.78, 5) is 24.9. The maximum absolute atomic E-state index is 12.5. The van der Waals surface area contributed by atoms with Crippen LogP contribution in [0.25, 0.3) is 11.3 Å². The number of amides is 2. The number of hydrazine groups is 1. The van der Waals surface area contributed by atoms with Crippen molar-refractivity contribution in [3.05, 3.63) is 64.0 Å². The van der Waals surface area contributed by atoms with E-state index in [9.17, 15) is 9.59 Å². The van der Waals surface area contributed by atoms with E-state index in [4.69, 9.17) is 16.7 Å². The molecule has 0 atom stereocenters. The Hall–Kier alpha value is -3.04. The molecule has 1 aromatic carbocycles. The summed E-state index contributed by atoms with van der Waals surface area (Å²) in [5.74, 6) is -0.454. The van der Waals surface area contributed by atoms with Gasteiger partial charge in [0.05, 0.1) is 4.88 Å². The molecular formula is C17H14N4O3S2. The molecule has 0 spiro atoms. The number of aromatic nitrogens is 1. The Morgan fingerprint density at radius 3 is 2.54 bits per heavy atom. The Morgan fingerprint density at radius 1 is 1.08 bits per heavy atom. The van der Waals surface area contributed by atoms with Gasteiger partial charge in [-0.05, 0) is 30.6 Å². The van der Waals surface area contributed by atoms with E-state index in [1.807, 2.05) is 30.3 Å². The molecule has 0 bridgehead atoms. The summed E-state index contributed by atoms with van der Waals surface area (Å²) >= 11 is 6.31. The number of nitrogens with one attached hydrogen (secondary N) is 3. The second kappa shape index (κ2) is 7.89. The van der Waals surface area contributed by atoms with Gasteiger partial charge in [-0.3, -0.25) is 25.8 Å². The van der Waals surface area contributed by atoms with Gasteiger partial charge >= 0.3 is 0 Å². The predicted octanol–water partition coefficient (Wildman–Crippen LogP) is 2.66. The van der Waals surface area contributed by atoms with Crippen LogP contribution in [0.15, 0.2) is 52.4 Å². The molecule has 132 valence electrons. The first kappa shape index (κ1) is 17.8. The van der Waals surface area contributed by atoms with Crippen molar-refractivity contribution in [3.8, 4) is 11.3 Å². The first-order chi connectivity index (χ1) is 12.6. The third-order valence-electron chi connectivity index (χ3n) is 3.40. The Labute approximate surface area is 158 Å². The molecule has 9 heteroatoms. The number of rotatable bonds is 3. The molecule has 2 amide bonds. The van der Waals surface area contributed by atoms with Crippen LogP contribution in [0.3, 0.4) is 0 Å². The van der Waals surface area contributed by atoms with E-state index in [-0.39, 0.29) is 16.6 Å². The standard InChI is InChI=1S/C17H14N4O3S2/c1-10-13(14(21-24-10)11-6-3-2-4-7-11)16(23)19-20-17(25)18-15(22)12-8-5-9-26-12/h2-9H,1H3,(H,19,23)(H2,18,20,22,25). The van der Waals surface area contributed by atoms with Crippen LogP contribution in [-0.4, -0.2) is 22.1 Å². The van der Waals surface area contributed by atoms with Gasteiger partial charge in [-0.1, -0.05) is 41.6 Å². The average Bonchev–Trinajstić information content (AvgIpc) is 3.30. The van der Waals surface area contributed by atoms with Crippen molar-refractivity contribution in [2.45, 2.75) is 6.92 Å². The minimum Gasteiger partial charge on any atom is -0.360 e. The van der Waals surface area contributed by atoms with Crippen molar-refractivity contribution < 1.29 is 14.1 Å². The quantitative estimate of drug-likeness (QED) is 0.473. The highest BCUT2D eigenvalue weighted by Crippen LogP contribution is 2.24. The molecule has 0 saturated heterocycles. The summed E-state index contributed by atoms with van der Waals surface area (Å²) in [6.45, 7) is 1.64. The van der Waals surface area contributed by atoms with Crippen LogP contribution >= 0.6 is 23.6 Å². The van der Waals surface area contributed by atoms with Crippen LogP contribution in [0.5, 0.6) is 0 Å². The number of benzene rings is 1. The second-order valence-electron chi connectivity index (χ2n) is 5.17. The number of hydrogen-bond acceptors (Lipinski definition) is 6. The fraction of sp³-hybridized carbons (Fsp3) is 0.0588. The van der Waals surface area contributed by atoms with Gasteiger partial charge in [-0.2, -0.15) is 0 Å². The van der Waals surface area contributed by atoms with Crippen molar-refractivity contribution in [2.24, 2.45) is 0 Å². The fourth-order valence-electron chi connectivity index (χ4n) is 2.21. The lowest BCUT2D eigenvalue weighted by molar-refractivity contribution is 0.0934. The number of nitrogens with zero attached hydrogens (tertiary/aromatic N) is 1. The highest BCUT2D eigenvalue weighted by atomic mass is 32.1. The number of carbonyl (C=O) groups excluding carboxylic acids is 2. The normalized spacial score (nSPS) is 10.2. The number of thiophene rings is 1. The fourth-order valence-corrected chi connectivity index (χ4v) is 2.98. The maximum Gasteiger partial charge on any atom is 0.275 e. The Balaban J connectivity index is 1.65. The average molecular weight is 386 g/mol. The van der Waals surface area contributed by atoms with Gasteiger partial charge in [0.2, 0.25) is 0 Å². The molecule has 3 N–H and O–H groups in total.